The Balaban J connectivity index is 1.81. The van der Waals surface area contributed by atoms with Gasteiger partial charge in [0.2, 0.25) is 0 Å². The zero-order valence-corrected chi connectivity index (χ0v) is 13.1. The van der Waals surface area contributed by atoms with Gasteiger partial charge in [-0.25, -0.2) is 0 Å². The summed E-state index contributed by atoms with van der Waals surface area (Å²) < 4.78 is 1.29. The predicted octanol–water partition coefficient (Wildman–Crippen LogP) is 4.40. The number of rotatable bonds is 5. The summed E-state index contributed by atoms with van der Waals surface area (Å²) in [7, 11) is 0. The van der Waals surface area contributed by atoms with Crippen LogP contribution in [0.25, 0.3) is 9.40 Å². The summed E-state index contributed by atoms with van der Waals surface area (Å²) in [5, 5.41) is 1.25. The largest absolute Gasteiger partial charge is 0.338 e. The summed E-state index contributed by atoms with van der Waals surface area (Å²) in [5.74, 6) is 0.984. The molecule has 0 aliphatic heterocycles. The molecule has 0 N–H and O–H groups in total. The van der Waals surface area contributed by atoms with Gasteiger partial charge in [0.15, 0.2) is 0 Å². The lowest BCUT2D eigenvalue weighted by Crippen LogP contribution is -2.32. The van der Waals surface area contributed by atoms with E-state index in [1.165, 1.54) is 27.1 Å². The number of carbonyl (C=O) groups excluding carboxylic acids is 1. The van der Waals surface area contributed by atoms with Gasteiger partial charge >= 0.3 is 0 Å². The first-order chi connectivity index (χ1) is 9.21. The number of hydrogen-bond acceptors (Lipinski definition) is 3. The van der Waals surface area contributed by atoms with E-state index in [0.717, 1.165) is 30.3 Å². The van der Waals surface area contributed by atoms with Gasteiger partial charge in [0.05, 0.1) is 8.89 Å². The van der Waals surface area contributed by atoms with Crippen LogP contribution in [0, 0.1) is 5.92 Å². The van der Waals surface area contributed by atoms with Crippen LogP contribution in [-0.2, 0) is 6.42 Å². The molecule has 2 nitrogen and oxygen atoms in total. The van der Waals surface area contributed by atoms with E-state index in [4.69, 9.17) is 0 Å². The second-order valence-corrected chi connectivity index (χ2v) is 7.65. The van der Waals surface area contributed by atoms with Crippen LogP contribution < -0.4 is 0 Å². The molecule has 0 atom stereocenters. The third-order valence-corrected chi connectivity index (χ3v) is 6.19. The molecule has 1 saturated carbocycles. The molecule has 4 heteroatoms. The van der Waals surface area contributed by atoms with Crippen molar-refractivity contribution in [3.05, 3.63) is 21.9 Å². The number of carbonyl (C=O) groups is 1. The SMILES string of the molecule is CCc1cc2cc(C(=O)N(CC)CC3CC3)sc2s1. The van der Waals surface area contributed by atoms with Crippen LogP contribution in [0.15, 0.2) is 12.1 Å². The monoisotopic (exact) mass is 293 g/mol. The van der Waals surface area contributed by atoms with Gasteiger partial charge < -0.3 is 4.90 Å². The lowest BCUT2D eigenvalue weighted by atomic mass is 10.3. The number of aryl methyl sites for hydroxylation is 1. The van der Waals surface area contributed by atoms with Crippen molar-refractivity contribution in [3.8, 4) is 0 Å². The lowest BCUT2D eigenvalue weighted by Gasteiger charge is -2.19. The molecule has 0 spiro atoms. The molecule has 1 fully saturated rings. The Morgan fingerprint density at radius 1 is 1.32 bits per heavy atom. The lowest BCUT2D eigenvalue weighted by molar-refractivity contribution is 0.0762. The van der Waals surface area contributed by atoms with E-state index >= 15 is 0 Å². The van der Waals surface area contributed by atoms with Gasteiger partial charge in [-0.2, -0.15) is 0 Å². The van der Waals surface area contributed by atoms with Crippen molar-refractivity contribution in [3.63, 3.8) is 0 Å². The molecule has 0 aromatic carbocycles. The number of nitrogens with zero attached hydrogens (tertiary/aromatic N) is 1. The van der Waals surface area contributed by atoms with Gasteiger partial charge in [-0.05, 0) is 44.2 Å². The smallest absolute Gasteiger partial charge is 0.263 e. The van der Waals surface area contributed by atoms with Crippen LogP contribution in [0.4, 0.5) is 0 Å². The van der Waals surface area contributed by atoms with Crippen molar-refractivity contribution in [2.45, 2.75) is 33.1 Å². The quantitative estimate of drug-likeness (QED) is 0.800. The number of fused-ring (bicyclic) bond motifs is 1. The Morgan fingerprint density at radius 2 is 2.11 bits per heavy atom. The van der Waals surface area contributed by atoms with Gasteiger partial charge in [-0.3, -0.25) is 4.79 Å². The first kappa shape index (κ1) is 13.1. The number of thiophene rings is 2. The Hall–Kier alpha value is -0.870. The summed E-state index contributed by atoms with van der Waals surface area (Å²) in [5.41, 5.74) is 0. The van der Waals surface area contributed by atoms with Gasteiger partial charge in [0, 0.05) is 23.4 Å². The molecular weight excluding hydrogens is 274 g/mol. The van der Waals surface area contributed by atoms with Crippen molar-refractivity contribution in [1.82, 2.24) is 4.90 Å². The molecule has 19 heavy (non-hydrogen) atoms. The number of hydrogen-bond donors (Lipinski definition) is 0. The Morgan fingerprint density at radius 3 is 2.68 bits per heavy atom. The predicted molar refractivity (Wildman–Crippen MR) is 83.4 cm³/mol. The second kappa shape index (κ2) is 5.25. The zero-order valence-electron chi connectivity index (χ0n) is 11.4. The van der Waals surface area contributed by atoms with Crippen molar-refractivity contribution in [2.75, 3.05) is 13.1 Å². The maximum atomic E-state index is 12.5. The van der Waals surface area contributed by atoms with Crippen LogP contribution in [0.3, 0.4) is 0 Å². The summed E-state index contributed by atoms with van der Waals surface area (Å²) in [6.45, 7) is 6.02. The molecule has 2 heterocycles. The van der Waals surface area contributed by atoms with E-state index in [-0.39, 0.29) is 5.91 Å². The summed E-state index contributed by atoms with van der Waals surface area (Å²) in [6.07, 6.45) is 3.67. The fourth-order valence-electron chi connectivity index (χ4n) is 2.29. The third kappa shape index (κ3) is 2.70. The molecule has 1 amide bonds. The van der Waals surface area contributed by atoms with Crippen molar-refractivity contribution in [1.29, 1.82) is 0 Å². The molecule has 0 radical (unpaired) electrons. The molecule has 0 unspecified atom stereocenters. The average Bonchev–Trinajstić information content (AvgIpc) is 3.01. The van der Waals surface area contributed by atoms with Crippen LogP contribution in [0.5, 0.6) is 0 Å². The van der Waals surface area contributed by atoms with Gasteiger partial charge in [-0.1, -0.05) is 6.92 Å². The van der Waals surface area contributed by atoms with Crippen LogP contribution >= 0.6 is 22.7 Å². The normalized spacial score (nSPS) is 15.1. The van der Waals surface area contributed by atoms with Crippen LogP contribution in [0.1, 0.15) is 41.2 Å². The van der Waals surface area contributed by atoms with E-state index in [0.29, 0.717) is 0 Å². The minimum absolute atomic E-state index is 0.223. The Kier molecular flexibility index (Phi) is 3.63. The summed E-state index contributed by atoms with van der Waals surface area (Å²) in [4.78, 5) is 16.8. The maximum absolute atomic E-state index is 12.5. The summed E-state index contributed by atoms with van der Waals surface area (Å²) in [6, 6.07) is 4.30. The highest BCUT2D eigenvalue weighted by Crippen LogP contribution is 2.35. The molecule has 2 aromatic rings. The fourth-order valence-corrected chi connectivity index (χ4v) is 4.69. The zero-order chi connectivity index (χ0) is 13.4. The van der Waals surface area contributed by atoms with Crippen molar-refractivity contribution < 1.29 is 4.79 Å². The van der Waals surface area contributed by atoms with E-state index in [1.54, 1.807) is 11.3 Å². The van der Waals surface area contributed by atoms with Crippen LogP contribution in [0.2, 0.25) is 0 Å². The minimum atomic E-state index is 0.223. The molecular formula is C15H19NOS2. The summed E-state index contributed by atoms with van der Waals surface area (Å²) >= 11 is 3.49. The van der Waals surface area contributed by atoms with Gasteiger partial charge in [0.25, 0.3) is 5.91 Å². The topological polar surface area (TPSA) is 20.3 Å². The first-order valence-electron chi connectivity index (χ1n) is 7.02. The van der Waals surface area contributed by atoms with E-state index < -0.39 is 0 Å². The molecule has 1 aliphatic carbocycles. The highest BCUT2D eigenvalue weighted by Gasteiger charge is 2.27. The van der Waals surface area contributed by atoms with E-state index in [1.807, 2.05) is 16.2 Å². The molecule has 3 rings (SSSR count). The first-order valence-corrected chi connectivity index (χ1v) is 8.66. The van der Waals surface area contributed by atoms with Gasteiger partial charge in [-0.15, -0.1) is 22.7 Å². The Bertz CT molecular complexity index is 563. The van der Waals surface area contributed by atoms with E-state index in [2.05, 4.69) is 26.0 Å². The molecule has 2 aromatic heterocycles. The number of amides is 1. The highest BCUT2D eigenvalue weighted by molar-refractivity contribution is 7.39. The third-order valence-electron chi connectivity index (χ3n) is 3.67. The molecule has 0 bridgehead atoms. The highest BCUT2D eigenvalue weighted by atomic mass is 32.2. The van der Waals surface area contributed by atoms with Crippen molar-refractivity contribution in [2.24, 2.45) is 5.92 Å². The fraction of sp³-hybridized carbons (Fsp3) is 0.533. The Labute approximate surface area is 122 Å². The van der Waals surface area contributed by atoms with Crippen LogP contribution in [-0.4, -0.2) is 23.9 Å². The average molecular weight is 293 g/mol. The van der Waals surface area contributed by atoms with Crippen molar-refractivity contribution >= 4 is 38.0 Å². The maximum Gasteiger partial charge on any atom is 0.263 e. The van der Waals surface area contributed by atoms with Gasteiger partial charge in [0.1, 0.15) is 0 Å². The molecule has 102 valence electrons. The van der Waals surface area contributed by atoms with E-state index in [9.17, 15) is 4.79 Å². The second-order valence-electron chi connectivity index (χ2n) is 5.21. The standard InChI is InChI=1S/C15H19NOS2/c1-3-12-7-11-8-13(19-15(11)18-12)14(17)16(4-2)9-10-5-6-10/h7-8,10H,3-6,9H2,1-2H3. The molecule has 1 aliphatic rings. The molecule has 0 saturated heterocycles. The minimum Gasteiger partial charge on any atom is -0.338 e.